The lowest BCUT2D eigenvalue weighted by molar-refractivity contribution is 0.467. The van der Waals surface area contributed by atoms with E-state index in [0.29, 0.717) is 4.60 Å². The van der Waals surface area contributed by atoms with E-state index in [4.69, 9.17) is 10.4 Å². The molecule has 0 bridgehead atoms. The minimum absolute atomic E-state index is 0.106. The molecule has 10 heavy (non-hydrogen) atoms. The highest BCUT2D eigenvalue weighted by atomic mass is 79.9. The summed E-state index contributed by atoms with van der Waals surface area (Å²) in [5.74, 6) is -0.106. The molecule has 0 aliphatic rings. The van der Waals surface area contributed by atoms with Crippen molar-refractivity contribution in [3.05, 3.63) is 22.4 Å². The Kier molecular flexibility index (Phi) is 1.88. The molecule has 0 aromatic carbocycles. The molecule has 0 atom stereocenters. The molecule has 1 rings (SSSR count). The van der Waals surface area contributed by atoms with Crippen molar-refractivity contribution in [1.29, 1.82) is 5.26 Å². The average molecular weight is 199 g/mol. The van der Waals surface area contributed by atoms with Crippen LogP contribution in [0.15, 0.2) is 16.9 Å². The zero-order valence-electron chi connectivity index (χ0n) is 4.87. The van der Waals surface area contributed by atoms with E-state index in [9.17, 15) is 0 Å². The van der Waals surface area contributed by atoms with Crippen molar-refractivity contribution in [3.8, 4) is 11.8 Å². The number of nitriles is 1. The minimum Gasteiger partial charge on any atom is -0.504 e. The summed E-state index contributed by atoms with van der Waals surface area (Å²) in [6.45, 7) is 0. The summed E-state index contributed by atoms with van der Waals surface area (Å²) >= 11 is 2.97. The van der Waals surface area contributed by atoms with Crippen LogP contribution in [0.4, 0.5) is 0 Å². The largest absolute Gasteiger partial charge is 0.504 e. The molecule has 0 saturated carbocycles. The summed E-state index contributed by atoms with van der Waals surface area (Å²) in [4.78, 5) is 3.70. The van der Waals surface area contributed by atoms with Gasteiger partial charge in [-0.2, -0.15) is 5.26 Å². The first kappa shape index (κ1) is 7.03. The maximum absolute atomic E-state index is 9.07. The first-order valence-electron chi connectivity index (χ1n) is 2.49. The number of aromatic hydroxyl groups is 1. The van der Waals surface area contributed by atoms with Gasteiger partial charge in [0, 0.05) is 6.20 Å². The highest BCUT2D eigenvalue weighted by Crippen LogP contribution is 2.23. The smallest absolute Gasteiger partial charge is 0.166 e. The molecule has 0 amide bonds. The average Bonchev–Trinajstić information content (AvgIpc) is 1.95. The van der Waals surface area contributed by atoms with Crippen LogP contribution in [0.2, 0.25) is 0 Å². The van der Waals surface area contributed by atoms with Crippen molar-refractivity contribution in [2.24, 2.45) is 0 Å². The van der Waals surface area contributed by atoms with Crippen LogP contribution in [0, 0.1) is 11.3 Å². The number of pyridine rings is 1. The van der Waals surface area contributed by atoms with Gasteiger partial charge in [-0.25, -0.2) is 4.98 Å². The fraction of sp³-hybridized carbons (Fsp3) is 0. The lowest BCUT2D eigenvalue weighted by Crippen LogP contribution is -1.80. The molecular formula is C6H3BrN2O. The number of nitrogens with zero attached hydrogens (tertiary/aromatic N) is 2. The van der Waals surface area contributed by atoms with Gasteiger partial charge in [-0.15, -0.1) is 0 Å². The molecule has 3 nitrogen and oxygen atoms in total. The zero-order valence-corrected chi connectivity index (χ0v) is 6.46. The van der Waals surface area contributed by atoms with E-state index in [2.05, 4.69) is 20.9 Å². The molecule has 0 saturated heterocycles. The van der Waals surface area contributed by atoms with Crippen LogP contribution in [0.3, 0.4) is 0 Å². The van der Waals surface area contributed by atoms with Gasteiger partial charge in [-0.1, -0.05) is 0 Å². The molecule has 0 radical (unpaired) electrons. The highest BCUT2D eigenvalue weighted by molar-refractivity contribution is 9.10. The van der Waals surface area contributed by atoms with Crippen LogP contribution in [0.5, 0.6) is 5.75 Å². The van der Waals surface area contributed by atoms with E-state index in [0.717, 1.165) is 0 Å². The Morgan fingerprint density at radius 2 is 2.40 bits per heavy atom. The van der Waals surface area contributed by atoms with E-state index in [-0.39, 0.29) is 11.3 Å². The normalized spacial score (nSPS) is 8.80. The standard InChI is InChI=1S/C6H3BrN2O/c7-6-5(10)4(3-8)1-2-9-6/h1-2,10H. The Bertz CT molecular complexity index is 292. The Hall–Kier alpha value is -1.08. The SMILES string of the molecule is N#Cc1ccnc(Br)c1O. The molecule has 50 valence electrons. The van der Waals surface area contributed by atoms with Crippen molar-refractivity contribution in [2.45, 2.75) is 0 Å². The molecule has 1 aromatic rings. The summed E-state index contributed by atoms with van der Waals surface area (Å²) < 4.78 is 0.298. The maximum Gasteiger partial charge on any atom is 0.166 e. The predicted molar refractivity (Wildman–Crippen MR) is 38.3 cm³/mol. The van der Waals surface area contributed by atoms with Crippen molar-refractivity contribution < 1.29 is 5.11 Å². The van der Waals surface area contributed by atoms with Crippen LogP contribution in [0.25, 0.3) is 0 Å². The van der Waals surface area contributed by atoms with Crippen LogP contribution < -0.4 is 0 Å². The first-order chi connectivity index (χ1) is 4.75. The Morgan fingerprint density at radius 1 is 1.70 bits per heavy atom. The van der Waals surface area contributed by atoms with Crippen molar-refractivity contribution in [3.63, 3.8) is 0 Å². The molecule has 0 aliphatic heterocycles. The second-order valence-electron chi connectivity index (χ2n) is 1.61. The molecule has 1 N–H and O–H groups in total. The van der Waals surface area contributed by atoms with Crippen LogP contribution in [-0.2, 0) is 0 Å². The minimum atomic E-state index is -0.106. The van der Waals surface area contributed by atoms with E-state index >= 15 is 0 Å². The fourth-order valence-electron chi connectivity index (χ4n) is 0.519. The predicted octanol–water partition coefficient (Wildman–Crippen LogP) is 1.42. The quantitative estimate of drug-likeness (QED) is 0.642. The lowest BCUT2D eigenvalue weighted by atomic mass is 10.3. The van der Waals surface area contributed by atoms with Gasteiger partial charge in [0.1, 0.15) is 10.7 Å². The van der Waals surface area contributed by atoms with Crippen LogP contribution >= 0.6 is 15.9 Å². The monoisotopic (exact) mass is 198 g/mol. The molecule has 0 spiro atoms. The maximum atomic E-state index is 9.07. The number of aromatic nitrogens is 1. The summed E-state index contributed by atoms with van der Waals surface area (Å²) in [5.41, 5.74) is 0.224. The summed E-state index contributed by atoms with van der Waals surface area (Å²) in [6.07, 6.45) is 1.45. The van der Waals surface area contributed by atoms with Gasteiger partial charge in [0.25, 0.3) is 0 Å². The second-order valence-corrected chi connectivity index (χ2v) is 2.36. The molecular weight excluding hydrogens is 196 g/mol. The van der Waals surface area contributed by atoms with E-state index in [1.54, 1.807) is 0 Å². The van der Waals surface area contributed by atoms with Gasteiger partial charge in [0.15, 0.2) is 5.75 Å². The van der Waals surface area contributed by atoms with Gasteiger partial charge in [0.2, 0.25) is 0 Å². The molecule has 1 heterocycles. The second kappa shape index (κ2) is 2.67. The Morgan fingerprint density at radius 3 is 2.90 bits per heavy atom. The van der Waals surface area contributed by atoms with Gasteiger partial charge in [-0.05, 0) is 22.0 Å². The highest BCUT2D eigenvalue weighted by Gasteiger charge is 2.02. The van der Waals surface area contributed by atoms with Gasteiger partial charge in [-0.3, -0.25) is 0 Å². The topological polar surface area (TPSA) is 56.9 Å². The zero-order chi connectivity index (χ0) is 7.56. The van der Waals surface area contributed by atoms with Gasteiger partial charge in [0.05, 0.1) is 5.56 Å². The Labute approximate surface area is 66.1 Å². The van der Waals surface area contributed by atoms with Crippen molar-refractivity contribution >= 4 is 15.9 Å². The van der Waals surface area contributed by atoms with E-state index < -0.39 is 0 Å². The van der Waals surface area contributed by atoms with Crippen molar-refractivity contribution in [1.82, 2.24) is 4.98 Å². The van der Waals surface area contributed by atoms with Crippen LogP contribution in [0.1, 0.15) is 5.56 Å². The first-order valence-corrected chi connectivity index (χ1v) is 3.28. The van der Waals surface area contributed by atoms with Gasteiger partial charge < -0.3 is 5.11 Å². The summed E-state index contributed by atoms with van der Waals surface area (Å²) in [7, 11) is 0. The number of halogens is 1. The molecule has 0 fully saturated rings. The lowest BCUT2D eigenvalue weighted by Gasteiger charge is -1.94. The number of rotatable bonds is 0. The summed E-state index contributed by atoms with van der Waals surface area (Å²) in [6, 6.07) is 3.26. The van der Waals surface area contributed by atoms with Gasteiger partial charge >= 0.3 is 0 Å². The molecule has 0 unspecified atom stereocenters. The van der Waals surface area contributed by atoms with Crippen molar-refractivity contribution in [2.75, 3.05) is 0 Å². The third-order valence-electron chi connectivity index (χ3n) is 1.00. The molecule has 1 aromatic heterocycles. The van der Waals surface area contributed by atoms with E-state index in [1.807, 2.05) is 6.07 Å². The third kappa shape index (κ3) is 1.09. The number of hydrogen-bond donors (Lipinski definition) is 1. The summed E-state index contributed by atoms with van der Waals surface area (Å²) in [5, 5.41) is 17.4. The van der Waals surface area contributed by atoms with Crippen LogP contribution in [-0.4, -0.2) is 10.1 Å². The third-order valence-corrected chi connectivity index (χ3v) is 1.58. The fourth-order valence-corrected chi connectivity index (χ4v) is 0.850. The number of hydrogen-bond acceptors (Lipinski definition) is 3. The van der Waals surface area contributed by atoms with E-state index in [1.165, 1.54) is 12.3 Å². The Balaban J connectivity index is 3.31. The molecule has 0 aliphatic carbocycles. The molecule has 4 heteroatoms.